The minimum atomic E-state index is -3.72. The van der Waals surface area contributed by atoms with Crippen LogP contribution in [0.5, 0.6) is 0 Å². The summed E-state index contributed by atoms with van der Waals surface area (Å²) in [5.74, 6) is 0. The first-order valence-corrected chi connectivity index (χ1v) is 7.91. The summed E-state index contributed by atoms with van der Waals surface area (Å²) in [6.45, 7) is 0.372. The number of sulfonamides is 1. The molecule has 2 rings (SSSR count). The number of nitrogens with two attached hydrogens (primary N) is 1. The summed E-state index contributed by atoms with van der Waals surface area (Å²) >= 11 is 5.90. The van der Waals surface area contributed by atoms with E-state index in [0.717, 1.165) is 12.8 Å². The van der Waals surface area contributed by atoms with Gasteiger partial charge in [0.1, 0.15) is 4.90 Å². The van der Waals surface area contributed by atoms with Crippen LogP contribution < -0.4 is 10.5 Å². The largest absolute Gasteiger partial charge is 0.398 e. The number of nitrogen functional groups attached to an aromatic ring is 1. The van der Waals surface area contributed by atoms with E-state index >= 15 is 0 Å². The lowest BCUT2D eigenvalue weighted by atomic mass is 10.0. The number of nitrogens with one attached hydrogen (secondary N) is 1. The van der Waals surface area contributed by atoms with E-state index < -0.39 is 10.0 Å². The first-order chi connectivity index (χ1) is 8.90. The van der Waals surface area contributed by atoms with E-state index in [2.05, 4.69) is 4.72 Å². The van der Waals surface area contributed by atoms with Crippen molar-refractivity contribution in [2.24, 2.45) is 5.41 Å². The SMILES string of the molecule is Nc1cccc(Cl)c1S(=O)(=O)NCC1(CCO)CC1. The van der Waals surface area contributed by atoms with Gasteiger partial charge < -0.3 is 10.8 Å². The Morgan fingerprint density at radius 2 is 2.11 bits per heavy atom. The zero-order valence-corrected chi connectivity index (χ0v) is 12.0. The fourth-order valence-electron chi connectivity index (χ4n) is 2.06. The molecule has 0 unspecified atom stereocenters. The quantitative estimate of drug-likeness (QED) is 0.692. The Hall–Kier alpha value is -0.820. The highest BCUT2D eigenvalue weighted by Gasteiger charge is 2.42. The molecule has 0 bridgehead atoms. The highest BCUT2D eigenvalue weighted by Crippen LogP contribution is 2.48. The van der Waals surface area contributed by atoms with Gasteiger partial charge in [0, 0.05) is 13.2 Å². The zero-order chi connectivity index (χ0) is 14.1. The molecule has 0 aromatic heterocycles. The summed E-state index contributed by atoms with van der Waals surface area (Å²) in [6, 6.07) is 4.60. The second-order valence-corrected chi connectivity index (χ2v) is 7.07. The number of rotatable bonds is 6. The molecule has 1 fully saturated rings. The highest BCUT2D eigenvalue weighted by atomic mass is 35.5. The minimum absolute atomic E-state index is 0.0654. The smallest absolute Gasteiger partial charge is 0.244 e. The van der Waals surface area contributed by atoms with E-state index in [4.69, 9.17) is 22.4 Å². The van der Waals surface area contributed by atoms with Gasteiger partial charge in [-0.3, -0.25) is 0 Å². The molecule has 1 aromatic rings. The number of hydrogen-bond acceptors (Lipinski definition) is 4. The van der Waals surface area contributed by atoms with Crippen molar-refractivity contribution in [2.75, 3.05) is 18.9 Å². The van der Waals surface area contributed by atoms with Crippen LogP contribution in [0.25, 0.3) is 0 Å². The molecule has 19 heavy (non-hydrogen) atoms. The van der Waals surface area contributed by atoms with Crippen molar-refractivity contribution in [1.29, 1.82) is 0 Å². The van der Waals surface area contributed by atoms with E-state index in [1.54, 1.807) is 6.07 Å². The molecule has 0 aliphatic heterocycles. The van der Waals surface area contributed by atoms with Crippen LogP contribution >= 0.6 is 11.6 Å². The Bertz CT molecular complexity index is 550. The first-order valence-electron chi connectivity index (χ1n) is 6.05. The van der Waals surface area contributed by atoms with Crippen molar-refractivity contribution in [2.45, 2.75) is 24.2 Å². The molecular weight excluding hydrogens is 288 g/mol. The van der Waals surface area contributed by atoms with Gasteiger partial charge in [0.05, 0.1) is 10.7 Å². The predicted octanol–water partition coefficient (Wildman–Crippen LogP) is 1.36. The lowest BCUT2D eigenvalue weighted by molar-refractivity contribution is 0.249. The summed E-state index contributed by atoms with van der Waals surface area (Å²) < 4.78 is 27.0. The molecule has 5 nitrogen and oxygen atoms in total. The Labute approximate surface area is 117 Å². The molecule has 0 heterocycles. The van der Waals surface area contributed by atoms with Gasteiger partial charge in [0.2, 0.25) is 10.0 Å². The van der Waals surface area contributed by atoms with Crippen molar-refractivity contribution in [1.82, 2.24) is 4.72 Å². The number of aliphatic hydroxyl groups excluding tert-OH is 1. The third-order valence-electron chi connectivity index (χ3n) is 3.50. The van der Waals surface area contributed by atoms with Gasteiger partial charge in [-0.15, -0.1) is 0 Å². The van der Waals surface area contributed by atoms with Crippen LogP contribution in [0.3, 0.4) is 0 Å². The summed E-state index contributed by atoms with van der Waals surface area (Å²) in [4.78, 5) is -0.0727. The lowest BCUT2D eigenvalue weighted by Crippen LogP contribution is -2.31. The van der Waals surface area contributed by atoms with Crippen LogP contribution in [-0.2, 0) is 10.0 Å². The van der Waals surface area contributed by atoms with Crippen LogP contribution in [0.1, 0.15) is 19.3 Å². The van der Waals surface area contributed by atoms with Crippen molar-refractivity contribution in [3.63, 3.8) is 0 Å². The third-order valence-corrected chi connectivity index (χ3v) is 5.45. The third kappa shape index (κ3) is 3.20. The average molecular weight is 305 g/mol. The lowest BCUT2D eigenvalue weighted by Gasteiger charge is -2.16. The standard InChI is InChI=1S/C12H17ClN2O3S/c13-9-2-1-3-10(14)11(9)19(17,18)15-8-12(4-5-12)6-7-16/h1-3,15-16H,4-8,14H2. The summed E-state index contributed by atoms with van der Waals surface area (Å²) in [5, 5.41) is 9.07. The molecule has 0 radical (unpaired) electrons. The molecule has 4 N–H and O–H groups in total. The fourth-order valence-corrected chi connectivity index (χ4v) is 3.89. The number of anilines is 1. The van der Waals surface area contributed by atoms with Crippen LogP contribution in [-0.4, -0.2) is 26.7 Å². The summed E-state index contributed by atoms with van der Waals surface area (Å²) in [6.07, 6.45) is 2.45. The first kappa shape index (κ1) is 14.6. The van der Waals surface area contributed by atoms with Gasteiger partial charge >= 0.3 is 0 Å². The molecular formula is C12H17ClN2O3S. The van der Waals surface area contributed by atoms with Crippen molar-refractivity contribution in [3.8, 4) is 0 Å². The van der Waals surface area contributed by atoms with Crippen molar-refractivity contribution >= 4 is 27.3 Å². The molecule has 0 saturated heterocycles. The Balaban J connectivity index is 2.15. The van der Waals surface area contributed by atoms with Crippen LogP contribution in [0.15, 0.2) is 23.1 Å². The molecule has 1 aliphatic rings. The van der Waals surface area contributed by atoms with Gasteiger partial charge in [-0.25, -0.2) is 13.1 Å². The predicted molar refractivity (Wildman–Crippen MR) is 74.4 cm³/mol. The van der Waals surface area contributed by atoms with Crippen molar-refractivity contribution in [3.05, 3.63) is 23.2 Å². The second-order valence-electron chi connectivity index (χ2n) is 4.96. The van der Waals surface area contributed by atoms with Crippen LogP contribution in [0.4, 0.5) is 5.69 Å². The Morgan fingerprint density at radius 3 is 2.63 bits per heavy atom. The van der Waals surface area contributed by atoms with E-state index in [0.29, 0.717) is 13.0 Å². The van der Waals surface area contributed by atoms with Gasteiger partial charge in [-0.1, -0.05) is 17.7 Å². The van der Waals surface area contributed by atoms with E-state index in [1.807, 2.05) is 0 Å². The maximum Gasteiger partial charge on any atom is 0.244 e. The second kappa shape index (κ2) is 5.28. The van der Waals surface area contributed by atoms with E-state index in [-0.39, 0.29) is 27.6 Å². The molecule has 0 spiro atoms. The number of halogens is 1. The molecule has 106 valence electrons. The van der Waals surface area contributed by atoms with Gasteiger partial charge in [0.25, 0.3) is 0 Å². The van der Waals surface area contributed by atoms with Crippen LogP contribution in [0, 0.1) is 5.41 Å². The number of aliphatic hydroxyl groups is 1. The molecule has 1 saturated carbocycles. The summed E-state index contributed by atoms with van der Waals surface area (Å²) in [5.41, 5.74) is 5.71. The maximum absolute atomic E-state index is 12.2. The van der Waals surface area contributed by atoms with Gasteiger partial charge in [0.15, 0.2) is 0 Å². The zero-order valence-electron chi connectivity index (χ0n) is 10.4. The Kier molecular flexibility index (Phi) is 4.06. The molecule has 0 amide bonds. The monoisotopic (exact) mass is 304 g/mol. The highest BCUT2D eigenvalue weighted by molar-refractivity contribution is 7.89. The normalized spacial score (nSPS) is 17.4. The number of benzene rings is 1. The van der Waals surface area contributed by atoms with Crippen LogP contribution in [0.2, 0.25) is 5.02 Å². The van der Waals surface area contributed by atoms with E-state index in [9.17, 15) is 8.42 Å². The molecule has 1 aromatic carbocycles. The Morgan fingerprint density at radius 1 is 1.42 bits per heavy atom. The van der Waals surface area contributed by atoms with Gasteiger partial charge in [-0.2, -0.15) is 0 Å². The molecule has 7 heteroatoms. The molecule has 0 atom stereocenters. The van der Waals surface area contributed by atoms with Crippen molar-refractivity contribution < 1.29 is 13.5 Å². The summed E-state index contributed by atoms with van der Waals surface area (Å²) in [7, 11) is -3.72. The van der Waals surface area contributed by atoms with Gasteiger partial charge in [-0.05, 0) is 36.8 Å². The minimum Gasteiger partial charge on any atom is -0.398 e. The fraction of sp³-hybridized carbons (Fsp3) is 0.500. The topological polar surface area (TPSA) is 92.4 Å². The van der Waals surface area contributed by atoms with E-state index in [1.165, 1.54) is 12.1 Å². The average Bonchev–Trinajstić information content (AvgIpc) is 3.07. The molecule has 1 aliphatic carbocycles. The number of hydrogen-bond donors (Lipinski definition) is 3. The maximum atomic E-state index is 12.2.